The molecule has 0 spiro atoms. The number of hydrogen-bond acceptors (Lipinski definition) is 5. The first-order valence-corrected chi connectivity index (χ1v) is 6.97. The number of hydrogen-bond donors (Lipinski definition) is 1. The van der Waals surface area contributed by atoms with Crippen LogP contribution < -0.4 is 5.32 Å². The molecule has 0 unspecified atom stereocenters. The third-order valence-corrected chi connectivity index (χ3v) is 3.88. The molecule has 0 aromatic carbocycles. The molecule has 0 aliphatic heterocycles. The van der Waals surface area contributed by atoms with E-state index in [-0.39, 0.29) is 0 Å². The molecule has 6 heteroatoms. The summed E-state index contributed by atoms with van der Waals surface area (Å²) in [5.74, 6) is 2.22. The van der Waals surface area contributed by atoms with Crippen molar-refractivity contribution in [3.05, 3.63) is 10.8 Å². The molecule has 92 valence electrons. The van der Waals surface area contributed by atoms with Crippen LogP contribution in [0.5, 0.6) is 0 Å². The Morgan fingerprint density at radius 1 is 1.41 bits per heavy atom. The van der Waals surface area contributed by atoms with E-state index in [4.69, 9.17) is 0 Å². The summed E-state index contributed by atoms with van der Waals surface area (Å²) in [7, 11) is 0. The van der Waals surface area contributed by atoms with Gasteiger partial charge in [-0.1, -0.05) is 25.2 Å². The van der Waals surface area contributed by atoms with Gasteiger partial charge in [0.05, 0.1) is 0 Å². The van der Waals surface area contributed by atoms with Gasteiger partial charge in [-0.2, -0.15) is 9.61 Å². The predicted molar refractivity (Wildman–Crippen MR) is 67.2 cm³/mol. The zero-order valence-electron chi connectivity index (χ0n) is 10.2. The number of aromatic nitrogens is 4. The van der Waals surface area contributed by atoms with Gasteiger partial charge in [-0.15, -0.1) is 10.2 Å². The van der Waals surface area contributed by atoms with E-state index in [0.717, 1.165) is 34.8 Å². The van der Waals surface area contributed by atoms with Crippen LogP contribution in [0.1, 0.15) is 43.4 Å². The molecule has 2 aromatic rings. The molecule has 1 aliphatic rings. The van der Waals surface area contributed by atoms with Gasteiger partial charge in [0.25, 0.3) is 0 Å². The van der Waals surface area contributed by atoms with Crippen molar-refractivity contribution in [1.29, 1.82) is 0 Å². The van der Waals surface area contributed by atoms with Crippen molar-refractivity contribution in [3.8, 4) is 0 Å². The molecule has 1 N–H and O–H groups in total. The van der Waals surface area contributed by atoms with Gasteiger partial charge in [0.2, 0.25) is 4.96 Å². The van der Waals surface area contributed by atoms with Gasteiger partial charge in [-0.05, 0) is 25.3 Å². The van der Waals surface area contributed by atoms with Crippen molar-refractivity contribution >= 4 is 16.3 Å². The lowest BCUT2D eigenvalue weighted by molar-refractivity contribution is 0.626. The number of nitrogens with one attached hydrogen (secondary N) is 1. The Balaban J connectivity index is 1.71. The van der Waals surface area contributed by atoms with Crippen LogP contribution in [0.25, 0.3) is 4.96 Å². The summed E-state index contributed by atoms with van der Waals surface area (Å²) >= 11 is 1.62. The first-order valence-electron chi connectivity index (χ1n) is 6.16. The summed E-state index contributed by atoms with van der Waals surface area (Å²) in [5, 5.41) is 17.4. The summed E-state index contributed by atoms with van der Waals surface area (Å²) in [5.41, 5.74) is 0. The highest BCUT2D eigenvalue weighted by atomic mass is 32.1. The molecule has 5 nitrogen and oxygen atoms in total. The maximum absolute atomic E-state index is 4.56. The minimum absolute atomic E-state index is 0.361. The number of nitrogens with zero attached hydrogens (tertiary/aromatic N) is 4. The van der Waals surface area contributed by atoms with Gasteiger partial charge in [0.1, 0.15) is 5.01 Å². The summed E-state index contributed by atoms with van der Waals surface area (Å²) in [6, 6.07) is 0. The Morgan fingerprint density at radius 3 is 2.94 bits per heavy atom. The fraction of sp³-hybridized carbons (Fsp3) is 0.727. The second kappa shape index (κ2) is 4.34. The van der Waals surface area contributed by atoms with E-state index >= 15 is 0 Å². The molecular formula is C11H17N5S. The fourth-order valence-electron chi connectivity index (χ4n) is 1.81. The summed E-state index contributed by atoms with van der Waals surface area (Å²) in [4.78, 5) is 0.900. The van der Waals surface area contributed by atoms with Crippen LogP contribution in [0.2, 0.25) is 0 Å². The van der Waals surface area contributed by atoms with Crippen molar-refractivity contribution in [2.45, 2.75) is 39.2 Å². The highest BCUT2D eigenvalue weighted by Gasteiger charge is 2.20. The molecule has 17 heavy (non-hydrogen) atoms. The molecule has 0 radical (unpaired) electrons. The van der Waals surface area contributed by atoms with Gasteiger partial charge < -0.3 is 5.32 Å². The van der Waals surface area contributed by atoms with E-state index in [0.29, 0.717) is 5.92 Å². The van der Waals surface area contributed by atoms with Gasteiger partial charge >= 0.3 is 0 Å². The van der Waals surface area contributed by atoms with Gasteiger partial charge in [-0.3, -0.25) is 0 Å². The lowest BCUT2D eigenvalue weighted by atomic mass is 10.2. The van der Waals surface area contributed by atoms with Crippen molar-refractivity contribution in [3.63, 3.8) is 0 Å². The van der Waals surface area contributed by atoms with Crippen LogP contribution in [0.3, 0.4) is 0 Å². The summed E-state index contributed by atoms with van der Waals surface area (Å²) in [6.45, 7) is 6.20. The molecule has 0 amide bonds. The molecule has 1 saturated carbocycles. The first kappa shape index (κ1) is 11.1. The van der Waals surface area contributed by atoms with E-state index in [1.54, 1.807) is 11.3 Å². The largest absolute Gasteiger partial charge is 0.310 e. The van der Waals surface area contributed by atoms with Gasteiger partial charge in [-0.25, -0.2) is 0 Å². The second-order valence-corrected chi connectivity index (χ2v) is 6.02. The smallest absolute Gasteiger partial charge is 0.234 e. The highest BCUT2D eigenvalue weighted by Crippen LogP contribution is 2.27. The minimum atomic E-state index is 0.361. The molecule has 0 saturated heterocycles. The third kappa shape index (κ3) is 2.32. The third-order valence-electron chi connectivity index (χ3n) is 2.98. The van der Waals surface area contributed by atoms with Crippen molar-refractivity contribution < 1.29 is 0 Å². The van der Waals surface area contributed by atoms with E-state index in [1.165, 1.54) is 12.8 Å². The normalized spacial score (nSPS) is 16.2. The standard InChI is InChI=1S/C11H17N5S/c1-7(2)10-13-14-11-16(10)15-9(17-11)6-12-5-8-3-4-8/h7-8,12H,3-6H2,1-2H3. The molecular weight excluding hydrogens is 234 g/mol. The Bertz CT molecular complexity index is 511. The topological polar surface area (TPSA) is 55.1 Å². The highest BCUT2D eigenvalue weighted by molar-refractivity contribution is 7.16. The maximum atomic E-state index is 4.56. The van der Waals surface area contributed by atoms with Crippen LogP contribution in [-0.2, 0) is 6.54 Å². The Kier molecular flexibility index (Phi) is 2.84. The number of fused-ring (bicyclic) bond motifs is 1. The van der Waals surface area contributed by atoms with E-state index in [1.807, 2.05) is 4.52 Å². The maximum Gasteiger partial charge on any atom is 0.234 e. The van der Waals surface area contributed by atoms with Crippen molar-refractivity contribution in [2.24, 2.45) is 5.92 Å². The molecule has 2 aromatic heterocycles. The minimum Gasteiger partial charge on any atom is -0.310 e. The van der Waals surface area contributed by atoms with Crippen LogP contribution >= 0.6 is 11.3 Å². The lowest BCUT2D eigenvalue weighted by Crippen LogP contribution is -2.16. The Hall–Kier alpha value is -1.01. The lowest BCUT2D eigenvalue weighted by Gasteiger charge is -1.99. The van der Waals surface area contributed by atoms with Crippen LogP contribution in [-0.4, -0.2) is 26.4 Å². The van der Waals surface area contributed by atoms with E-state index < -0.39 is 0 Å². The van der Waals surface area contributed by atoms with Crippen LogP contribution in [0.4, 0.5) is 0 Å². The Labute approximate surface area is 104 Å². The molecule has 2 heterocycles. The first-order chi connectivity index (χ1) is 8.24. The summed E-state index contributed by atoms with van der Waals surface area (Å²) in [6.07, 6.45) is 2.77. The SMILES string of the molecule is CC(C)c1nnc2sc(CNCC3CC3)nn12. The van der Waals surface area contributed by atoms with Gasteiger partial charge in [0, 0.05) is 12.5 Å². The second-order valence-electron chi connectivity index (χ2n) is 4.98. The van der Waals surface area contributed by atoms with Crippen LogP contribution in [0.15, 0.2) is 0 Å². The Morgan fingerprint density at radius 2 is 2.24 bits per heavy atom. The predicted octanol–water partition coefficient (Wildman–Crippen LogP) is 1.81. The zero-order valence-corrected chi connectivity index (χ0v) is 11.0. The monoisotopic (exact) mass is 251 g/mol. The van der Waals surface area contributed by atoms with E-state index in [2.05, 4.69) is 34.5 Å². The molecule has 0 atom stereocenters. The molecule has 0 bridgehead atoms. The average molecular weight is 251 g/mol. The molecule has 1 aliphatic carbocycles. The zero-order chi connectivity index (χ0) is 11.8. The molecule has 1 fully saturated rings. The van der Waals surface area contributed by atoms with Gasteiger partial charge in [0.15, 0.2) is 5.82 Å². The molecule has 3 rings (SSSR count). The van der Waals surface area contributed by atoms with Crippen molar-refractivity contribution in [2.75, 3.05) is 6.54 Å². The number of rotatable bonds is 5. The summed E-state index contributed by atoms with van der Waals surface area (Å²) < 4.78 is 1.88. The average Bonchev–Trinajstić information content (AvgIpc) is 2.86. The quantitative estimate of drug-likeness (QED) is 0.880. The fourth-order valence-corrected chi connectivity index (χ4v) is 2.62. The van der Waals surface area contributed by atoms with Crippen LogP contribution in [0, 0.1) is 5.92 Å². The van der Waals surface area contributed by atoms with Crippen molar-refractivity contribution in [1.82, 2.24) is 25.1 Å². The van der Waals surface area contributed by atoms with E-state index in [9.17, 15) is 0 Å².